The molecule has 2 heterocycles. The molecule has 0 aromatic carbocycles. The van der Waals surface area contributed by atoms with E-state index in [9.17, 15) is 0 Å². The molecule has 14 heavy (non-hydrogen) atoms. The summed E-state index contributed by atoms with van der Waals surface area (Å²) in [6.45, 7) is 2.59. The molecule has 0 bridgehead atoms. The zero-order valence-electron chi connectivity index (χ0n) is 8.04. The molecule has 0 atom stereocenters. The topological polar surface area (TPSA) is 42.1 Å². The molecule has 1 aliphatic rings. The van der Waals surface area contributed by atoms with Gasteiger partial charge in [0.05, 0.1) is 5.02 Å². The maximum atomic E-state index is 6.20. The van der Waals surface area contributed by atoms with Crippen LogP contribution in [0.4, 0.5) is 5.82 Å². The minimum Gasteiger partial charge on any atom is -0.355 e. The van der Waals surface area contributed by atoms with E-state index in [2.05, 4.69) is 9.88 Å². The van der Waals surface area contributed by atoms with Crippen LogP contribution in [0.5, 0.6) is 0 Å². The van der Waals surface area contributed by atoms with Gasteiger partial charge in [0.25, 0.3) is 0 Å². The fourth-order valence-electron chi connectivity index (χ4n) is 1.78. The van der Waals surface area contributed by atoms with Gasteiger partial charge in [-0.2, -0.15) is 0 Å². The summed E-state index contributed by atoms with van der Waals surface area (Å²) in [5.41, 5.74) is 6.56. The first kappa shape index (κ1) is 9.74. The van der Waals surface area contributed by atoms with Crippen molar-refractivity contribution < 1.29 is 0 Å². The van der Waals surface area contributed by atoms with Gasteiger partial charge in [-0.3, -0.25) is 0 Å². The van der Waals surface area contributed by atoms with E-state index in [-0.39, 0.29) is 0 Å². The predicted octanol–water partition coefficient (Wildman–Crippen LogP) is 1.79. The van der Waals surface area contributed by atoms with E-state index in [0.717, 1.165) is 29.5 Å². The lowest BCUT2D eigenvalue weighted by atomic mass is 10.2. The molecule has 1 fully saturated rings. The molecular formula is C10H14ClN3. The van der Waals surface area contributed by atoms with Crippen LogP contribution in [0.2, 0.25) is 5.02 Å². The first-order valence-electron chi connectivity index (χ1n) is 4.91. The monoisotopic (exact) mass is 211 g/mol. The summed E-state index contributed by atoms with van der Waals surface area (Å²) < 4.78 is 0. The summed E-state index contributed by atoms with van der Waals surface area (Å²) in [5, 5.41) is 0.719. The van der Waals surface area contributed by atoms with Crippen molar-refractivity contribution in [3.05, 3.63) is 22.8 Å². The van der Waals surface area contributed by atoms with Crippen LogP contribution in [-0.2, 0) is 6.54 Å². The summed E-state index contributed by atoms with van der Waals surface area (Å²) in [6.07, 6.45) is 4.23. The van der Waals surface area contributed by atoms with Crippen LogP contribution in [0.25, 0.3) is 0 Å². The highest BCUT2D eigenvalue weighted by atomic mass is 35.5. The highest BCUT2D eigenvalue weighted by Gasteiger charge is 2.17. The quantitative estimate of drug-likeness (QED) is 0.811. The number of anilines is 1. The summed E-state index contributed by atoms with van der Waals surface area (Å²) in [4.78, 5) is 6.53. The van der Waals surface area contributed by atoms with Crippen LogP contribution in [0, 0.1) is 0 Å². The lowest BCUT2D eigenvalue weighted by Gasteiger charge is -2.18. The molecular weight excluding hydrogens is 198 g/mol. The second-order valence-electron chi connectivity index (χ2n) is 3.51. The average molecular weight is 212 g/mol. The van der Waals surface area contributed by atoms with Crippen LogP contribution in [0.1, 0.15) is 18.4 Å². The first-order valence-corrected chi connectivity index (χ1v) is 5.29. The number of hydrogen-bond donors (Lipinski definition) is 1. The molecule has 0 radical (unpaired) electrons. The molecule has 0 amide bonds. The highest BCUT2D eigenvalue weighted by Crippen LogP contribution is 2.28. The Morgan fingerprint density at radius 2 is 2.14 bits per heavy atom. The van der Waals surface area contributed by atoms with Crippen LogP contribution < -0.4 is 10.6 Å². The molecule has 1 aromatic heterocycles. The van der Waals surface area contributed by atoms with Crippen molar-refractivity contribution in [2.24, 2.45) is 5.73 Å². The van der Waals surface area contributed by atoms with Gasteiger partial charge in [-0.15, -0.1) is 0 Å². The molecule has 2 rings (SSSR count). The Labute approximate surface area is 88.9 Å². The van der Waals surface area contributed by atoms with Crippen molar-refractivity contribution >= 4 is 17.4 Å². The predicted molar refractivity (Wildman–Crippen MR) is 58.6 cm³/mol. The number of rotatable bonds is 2. The minimum atomic E-state index is 0.474. The third-order valence-electron chi connectivity index (χ3n) is 2.58. The molecule has 1 saturated heterocycles. The Bertz CT molecular complexity index is 321. The molecule has 1 aliphatic heterocycles. The van der Waals surface area contributed by atoms with E-state index in [4.69, 9.17) is 17.3 Å². The van der Waals surface area contributed by atoms with Gasteiger partial charge in [0.1, 0.15) is 5.82 Å². The zero-order chi connectivity index (χ0) is 9.97. The first-order chi connectivity index (χ1) is 6.83. The van der Waals surface area contributed by atoms with Crippen molar-refractivity contribution in [3.8, 4) is 0 Å². The molecule has 76 valence electrons. The van der Waals surface area contributed by atoms with Crippen LogP contribution >= 0.6 is 11.6 Å². The van der Waals surface area contributed by atoms with Gasteiger partial charge >= 0.3 is 0 Å². The number of aromatic nitrogens is 1. The largest absolute Gasteiger partial charge is 0.355 e. The van der Waals surface area contributed by atoms with Crippen LogP contribution in [-0.4, -0.2) is 18.1 Å². The fourth-order valence-corrected chi connectivity index (χ4v) is 2.09. The highest BCUT2D eigenvalue weighted by molar-refractivity contribution is 6.33. The molecule has 2 N–H and O–H groups in total. The van der Waals surface area contributed by atoms with Crippen molar-refractivity contribution in [1.82, 2.24) is 4.98 Å². The smallest absolute Gasteiger partial charge is 0.147 e. The Kier molecular flexibility index (Phi) is 2.89. The van der Waals surface area contributed by atoms with Crippen molar-refractivity contribution in [3.63, 3.8) is 0 Å². The lowest BCUT2D eigenvalue weighted by molar-refractivity contribution is 0.928. The number of halogens is 1. The number of nitrogens with two attached hydrogens (primary N) is 1. The van der Waals surface area contributed by atoms with E-state index >= 15 is 0 Å². The second-order valence-corrected chi connectivity index (χ2v) is 3.88. The van der Waals surface area contributed by atoms with Crippen LogP contribution in [0.3, 0.4) is 0 Å². The molecule has 0 saturated carbocycles. The maximum Gasteiger partial charge on any atom is 0.147 e. The van der Waals surface area contributed by atoms with E-state index in [1.54, 1.807) is 6.20 Å². The zero-order valence-corrected chi connectivity index (χ0v) is 8.80. The minimum absolute atomic E-state index is 0.474. The number of nitrogens with zero attached hydrogens (tertiary/aromatic N) is 2. The van der Waals surface area contributed by atoms with Gasteiger partial charge in [-0.25, -0.2) is 4.98 Å². The van der Waals surface area contributed by atoms with Crippen molar-refractivity contribution in [2.45, 2.75) is 19.4 Å². The molecule has 3 nitrogen and oxygen atoms in total. The van der Waals surface area contributed by atoms with Gasteiger partial charge in [-0.05, 0) is 24.5 Å². The van der Waals surface area contributed by atoms with Crippen LogP contribution in [0.15, 0.2) is 12.3 Å². The van der Waals surface area contributed by atoms with E-state index in [1.807, 2.05) is 6.07 Å². The number of pyridine rings is 1. The van der Waals surface area contributed by atoms with Gasteiger partial charge in [0.2, 0.25) is 0 Å². The Morgan fingerprint density at radius 3 is 2.79 bits per heavy atom. The second kappa shape index (κ2) is 4.15. The maximum absolute atomic E-state index is 6.20. The third-order valence-corrected chi connectivity index (χ3v) is 2.99. The molecule has 0 aliphatic carbocycles. The van der Waals surface area contributed by atoms with Gasteiger partial charge in [0, 0.05) is 25.8 Å². The van der Waals surface area contributed by atoms with Gasteiger partial charge < -0.3 is 10.6 Å². The summed E-state index contributed by atoms with van der Waals surface area (Å²) in [7, 11) is 0. The average Bonchev–Trinajstić information content (AvgIpc) is 2.71. The molecule has 0 unspecified atom stereocenters. The Hall–Kier alpha value is -0.800. The van der Waals surface area contributed by atoms with Gasteiger partial charge in [-0.1, -0.05) is 11.6 Å². The standard InChI is InChI=1S/C10H14ClN3/c11-9-8(7-12)3-4-13-10(9)14-5-1-2-6-14/h3-4H,1-2,5-7,12H2. The molecule has 0 spiro atoms. The van der Waals surface area contributed by atoms with Crippen molar-refractivity contribution in [2.75, 3.05) is 18.0 Å². The summed E-state index contributed by atoms with van der Waals surface area (Å²) in [6, 6.07) is 1.88. The SMILES string of the molecule is NCc1ccnc(N2CCCC2)c1Cl. The summed E-state index contributed by atoms with van der Waals surface area (Å²) >= 11 is 6.20. The fraction of sp³-hybridized carbons (Fsp3) is 0.500. The third kappa shape index (κ3) is 1.70. The van der Waals surface area contributed by atoms with E-state index in [0.29, 0.717) is 6.54 Å². The number of hydrogen-bond acceptors (Lipinski definition) is 3. The van der Waals surface area contributed by atoms with E-state index < -0.39 is 0 Å². The lowest BCUT2D eigenvalue weighted by Crippen LogP contribution is -2.20. The van der Waals surface area contributed by atoms with Gasteiger partial charge in [0.15, 0.2) is 0 Å². The van der Waals surface area contributed by atoms with Crippen molar-refractivity contribution in [1.29, 1.82) is 0 Å². The summed E-state index contributed by atoms with van der Waals surface area (Å²) in [5.74, 6) is 0.895. The normalized spacial score (nSPS) is 16.3. The van der Waals surface area contributed by atoms with E-state index in [1.165, 1.54) is 12.8 Å². The molecule has 4 heteroatoms. The Morgan fingerprint density at radius 1 is 1.43 bits per heavy atom. The molecule has 1 aromatic rings. The Balaban J connectivity index is 2.32.